The number of amides is 2. The van der Waals surface area contributed by atoms with E-state index in [9.17, 15) is 9.18 Å². The number of carbonyl (C=O) groups is 1. The van der Waals surface area contributed by atoms with Crippen molar-refractivity contribution in [2.45, 2.75) is 43.9 Å². The lowest BCUT2D eigenvalue weighted by molar-refractivity contribution is 0.0835. The van der Waals surface area contributed by atoms with Crippen molar-refractivity contribution in [2.24, 2.45) is 11.8 Å². The second-order valence-electron chi connectivity index (χ2n) is 8.48. The van der Waals surface area contributed by atoms with Crippen LogP contribution in [0.4, 0.5) is 9.18 Å². The van der Waals surface area contributed by atoms with Gasteiger partial charge >= 0.3 is 6.03 Å². The Morgan fingerprint density at radius 1 is 1.14 bits per heavy atom. The normalized spacial score (nSPS) is 32.3. The van der Waals surface area contributed by atoms with Crippen LogP contribution in [0.3, 0.4) is 0 Å². The minimum Gasteiger partial charge on any atom is -0.335 e. The first-order valence-electron chi connectivity index (χ1n) is 10.3. The number of fused-ring (bicyclic) bond motifs is 2. The lowest BCUT2D eigenvalue weighted by atomic mass is 9.71. The first kappa shape index (κ1) is 18.5. The molecular weight excluding hydrogens is 369 g/mol. The standard InChI is InChI=1S/C22H26FN5O/c1-13(14-5-3-2-4-6-14)28-12-16-9-17-19(11-18(16)25-22(28)29)26-27-21(17)15-7-8-24-20(23)10-15/h2-8,10,13,16-19,21,26-27H,9,11-12H2,1H3,(H,25,29)/t13-,16?,17?,18?,19?,21?/m1/s1. The predicted octanol–water partition coefficient (Wildman–Crippen LogP) is 2.92. The van der Waals surface area contributed by atoms with Crippen molar-refractivity contribution in [1.29, 1.82) is 0 Å². The molecule has 1 aromatic carbocycles. The van der Waals surface area contributed by atoms with Crippen LogP contribution in [0.25, 0.3) is 0 Å². The van der Waals surface area contributed by atoms with E-state index in [0.29, 0.717) is 11.8 Å². The van der Waals surface area contributed by atoms with Gasteiger partial charge in [0.2, 0.25) is 5.95 Å². The Balaban J connectivity index is 1.34. The third-order valence-corrected chi connectivity index (χ3v) is 6.88. The van der Waals surface area contributed by atoms with Gasteiger partial charge in [-0.15, -0.1) is 0 Å². The van der Waals surface area contributed by atoms with Crippen LogP contribution in [0, 0.1) is 17.8 Å². The van der Waals surface area contributed by atoms with Gasteiger partial charge in [-0.05, 0) is 54.9 Å². The van der Waals surface area contributed by atoms with Crippen molar-refractivity contribution in [3.63, 3.8) is 0 Å². The molecular formula is C22H26FN5O. The fraction of sp³-hybridized carbons (Fsp3) is 0.455. The number of benzene rings is 1. The van der Waals surface area contributed by atoms with E-state index in [4.69, 9.17) is 0 Å². The summed E-state index contributed by atoms with van der Waals surface area (Å²) < 4.78 is 13.6. The lowest BCUT2D eigenvalue weighted by Gasteiger charge is -2.47. The molecule has 7 heteroatoms. The molecule has 5 unspecified atom stereocenters. The Morgan fingerprint density at radius 3 is 2.76 bits per heavy atom. The fourth-order valence-corrected chi connectivity index (χ4v) is 5.30. The monoisotopic (exact) mass is 395 g/mol. The smallest absolute Gasteiger partial charge is 0.318 e. The van der Waals surface area contributed by atoms with Crippen LogP contribution in [0.1, 0.15) is 43.0 Å². The molecule has 0 bridgehead atoms. The number of hydrazine groups is 1. The molecule has 2 aromatic rings. The summed E-state index contributed by atoms with van der Waals surface area (Å²) in [5.74, 6) is 0.271. The molecule has 0 radical (unpaired) electrons. The lowest BCUT2D eigenvalue weighted by Crippen LogP contribution is -2.61. The molecule has 3 fully saturated rings. The van der Waals surface area contributed by atoms with E-state index in [1.54, 1.807) is 0 Å². The Bertz CT molecular complexity index is 894. The van der Waals surface area contributed by atoms with Crippen molar-refractivity contribution in [3.8, 4) is 0 Å². The summed E-state index contributed by atoms with van der Waals surface area (Å²) >= 11 is 0. The van der Waals surface area contributed by atoms with E-state index in [-0.39, 0.29) is 30.2 Å². The van der Waals surface area contributed by atoms with Crippen molar-refractivity contribution in [1.82, 2.24) is 26.1 Å². The molecule has 2 saturated heterocycles. The molecule has 6 atom stereocenters. The second-order valence-corrected chi connectivity index (χ2v) is 8.48. The fourth-order valence-electron chi connectivity index (χ4n) is 5.30. The molecule has 152 valence electrons. The summed E-state index contributed by atoms with van der Waals surface area (Å²) in [4.78, 5) is 18.4. The maximum absolute atomic E-state index is 13.6. The van der Waals surface area contributed by atoms with Gasteiger partial charge in [0.05, 0.1) is 12.1 Å². The van der Waals surface area contributed by atoms with E-state index in [2.05, 4.69) is 40.2 Å². The van der Waals surface area contributed by atoms with E-state index in [0.717, 1.165) is 30.5 Å². The molecule has 29 heavy (non-hydrogen) atoms. The molecule has 1 saturated carbocycles. The zero-order valence-electron chi connectivity index (χ0n) is 16.4. The van der Waals surface area contributed by atoms with Crippen molar-refractivity contribution >= 4 is 6.03 Å². The average Bonchev–Trinajstić information content (AvgIpc) is 3.14. The van der Waals surface area contributed by atoms with Gasteiger partial charge in [0.15, 0.2) is 0 Å². The molecule has 6 nitrogen and oxygen atoms in total. The van der Waals surface area contributed by atoms with Gasteiger partial charge in [-0.3, -0.25) is 5.43 Å². The Labute approximate surface area is 169 Å². The number of halogens is 1. The average molecular weight is 395 g/mol. The molecule has 5 rings (SSSR count). The Kier molecular flexibility index (Phi) is 4.72. The minimum atomic E-state index is -0.450. The highest BCUT2D eigenvalue weighted by atomic mass is 19.1. The summed E-state index contributed by atoms with van der Waals surface area (Å²) in [7, 11) is 0. The van der Waals surface area contributed by atoms with E-state index in [1.165, 1.54) is 12.3 Å². The number of nitrogens with zero attached hydrogens (tertiary/aromatic N) is 2. The van der Waals surface area contributed by atoms with Gasteiger partial charge in [0.1, 0.15) is 0 Å². The van der Waals surface area contributed by atoms with Gasteiger partial charge in [0, 0.05) is 24.8 Å². The van der Waals surface area contributed by atoms with Crippen molar-refractivity contribution in [3.05, 3.63) is 65.7 Å². The highest BCUT2D eigenvalue weighted by Crippen LogP contribution is 2.42. The van der Waals surface area contributed by atoms with Gasteiger partial charge in [-0.25, -0.2) is 15.2 Å². The topological polar surface area (TPSA) is 69.3 Å². The van der Waals surface area contributed by atoms with Gasteiger partial charge in [-0.1, -0.05) is 30.3 Å². The third-order valence-electron chi connectivity index (χ3n) is 6.88. The molecule has 2 aliphatic heterocycles. The van der Waals surface area contributed by atoms with E-state index < -0.39 is 5.95 Å². The number of nitrogens with one attached hydrogen (secondary N) is 3. The number of aromatic nitrogens is 1. The molecule has 1 aromatic heterocycles. The zero-order valence-corrected chi connectivity index (χ0v) is 16.4. The molecule has 3 N–H and O–H groups in total. The summed E-state index contributed by atoms with van der Waals surface area (Å²) in [6, 6.07) is 14.1. The number of urea groups is 1. The Hall–Kier alpha value is -2.51. The van der Waals surface area contributed by atoms with Crippen LogP contribution >= 0.6 is 0 Å². The van der Waals surface area contributed by atoms with Crippen LogP contribution in [0.2, 0.25) is 0 Å². The van der Waals surface area contributed by atoms with Crippen molar-refractivity contribution < 1.29 is 9.18 Å². The quantitative estimate of drug-likeness (QED) is 0.699. The van der Waals surface area contributed by atoms with Crippen LogP contribution < -0.4 is 16.2 Å². The number of pyridine rings is 1. The number of hydrogen-bond acceptors (Lipinski definition) is 4. The largest absolute Gasteiger partial charge is 0.335 e. The van der Waals surface area contributed by atoms with Gasteiger partial charge in [-0.2, -0.15) is 4.39 Å². The van der Waals surface area contributed by atoms with Crippen LogP contribution in [0.5, 0.6) is 0 Å². The van der Waals surface area contributed by atoms with Gasteiger partial charge in [0.25, 0.3) is 0 Å². The van der Waals surface area contributed by atoms with E-state index in [1.807, 2.05) is 29.2 Å². The SMILES string of the molecule is C[C@H](c1ccccc1)N1CC2CC3C(CC2NC1=O)NNC3c1ccnc(F)c1. The van der Waals surface area contributed by atoms with Crippen LogP contribution in [-0.2, 0) is 0 Å². The van der Waals surface area contributed by atoms with Crippen LogP contribution in [-0.4, -0.2) is 34.5 Å². The third kappa shape index (κ3) is 3.38. The summed E-state index contributed by atoms with van der Waals surface area (Å²) in [5.41, 5.74) is 8.79. The highest BCUT2D eigenvalue weighted by molar-refractivity contribution is 5.76. The summed E-state index contributed by atoms with van der Waals surface area (Å²) in [6.45, 7) is 2.83. The summed E-state index contributed by atoms with van der Waals surface area (Å²) in [6.07, 6.45) is 3.38. The van der Waals surface area contributed by atoms with Gasteiger partial charge < -0.3 is 10.2 Å². The van der Waals surface area contributed by atoms with Crippen molar-refractivity contribution in [2.75, 3.05) is 6.54 Å². The van der Waals surface area contributed by atoms with E-state index >= 15 is 0 Å². The molecule has 1 aliphatic carbocycles. The number of hydrogen-bond donors (Lipinski definition) is 3. The first-order chi connectivity index (χ1) is 14.1. The second kappa shape index (κ2) is 7.39. The van der Waals surface area contributed by atoms with Crippen LogP contribution in [0.15, 0.2) is 48.7 Å². The maximum Gasteiger partial charge on any atom is 0.318 e. The highest BCUT2D eigenvalue weighted by Gasteiger charge is 2.48. The molecule has 2 amide bonds. The Morgan fingerprint density at radius 2 is 1.97 bits per heavy atom. The number of rotatable bonds is 3. The number of carbonyl (C=O) groups excluding carboxylic acids is 1. The molecule has 0 spiro atoms. The predicted molar refractivity (Wildman–Crippen MR) is 107 cm³/mol. The molecule has 3 heterocycles. The maximum atomic E-state index is 13.6. The summed E-state index contributed by atoms with van der Waals surface area (Å²) in [5, 5.41) is 3.24. The first-order valence-corrected chi connectivity index (χ1v) is 10.3. The molecule has 3 aliphatic rings. The zero-order chi connectivity index (χ0) is 20.0. The minimum absolute atomic E-state index is 0.0137.